The first-order valence-electron chi connectivity index (χ1n) is 4.57. The van der Waals surface area contributed by atoms with Crippen LogP contribution in [0.2, 0.25) is 0 Å². The summed E-state index contributed by atoms with van der Waals surface area (Å²) in [7, 11) is 1.60. The number of rotatable bonds is 2. The Kier molecular flexibility index (Phi) is 2.47. The van der Waals surface area contributed by atoms with Crippen LogP contribution in [0.3, 0.4) is 0 Å². The summed E-state index contributed by atoms with van der Waals surface area (Å²) >= 11 is 3.45. The summed E-state index contributed by atoms with van der Waals surface area (Å²) in [5.41, 5.74) is 3.56. The van der Waals surface area contributed by atoms with Gasteiger partial charge < -0.3 is 9.84 Å². The van der Waals surface area contributed by atoms with Gasteiger partial charge >= 0.3 is 0 Å². The molecule has 0 aromatic heterocycles. The van der Waals surface area contributed by atoms with E-state index < -0.39 is 5.60 Å². The van der Waals surface area contributed by atoms with Crippen LogP contribution in [0, 0.1) is 0 Å². The Labute approximate surface area is 97.0 Å². The van der Waals surface area contributed by atoms with Crippen molar-refractivity contribution in [2.45, 2.75) is 12.0 Å². The van der Waals surface area contributed by atoms with Gasteiger partial charge in [0.15, 0.2) is 0 Å². The van der Waals surface area contributed by atoms with Crippen LogP contribution in [0.15, 0.2) is 35.0 Å². The van der Waals surface area contributed by atoms with Gasteiger partial charge in [0.05, 0.1) is 7.11 Å². The molecule has 0 spiro atoms. The molecule has 0 aliphatic heterocycles. The average Bonchev–Trinajstić information content (AvgIpc) is 2.20. The Morgan fingerprint density at radius 2 is 2.40 bits per heavy atom. The summed E-state index contributed by atoms with van der Waals surface area (Å²) in [6.45, 7) is 3.49. The summed E-state index contributed by atoms with van der Waals surface area (Å²) < 4.78 is 6.23. The normalized spacial score (nSPS) is 22.3. The van der Waals surface area contributed by atoms with Crippen LogP contribution >= 0.6 is 15.9 Å². The molecule has 1 aliphatic carbocycles. The van der Waals surface area contributed by atoms with Crippen LogP contribution in [0.4, 0.5) is 0 Å². The van der Waals surface area contributed by atoms with E-state index in [-0.39, 0.29) is 0 Å². The van der Waals surface area contributed by atoms with Gasteiger partial charge in [0.25, 0.3) is 0 Å². The number of benzene rings is 1. The molecule has 1 N–H and O–H groups in total. The predicted octanol–water partition coefficient (Wildman–Crippen LogP) is 2.54. The maximum Gasteiger partial charge on any atom is 0.125 e. The number of hydrogen-bond acceptors (Lipinski definition) is 2. The number of ether oxygens (including phenoxy) is 1. The molecule has 1 aromatic rings. The van der Waals surface area contributed by atoms with Crippen LogP contribution in [0.5, 0.6) is 5.75 Å². The van der Waals surface area contributed by atoms with Gasteiger partial charge in [-0.05, 0) is 23.8 Å². The topological polar surface area (TPSA) is 29.5 Å². The molecule has 3 heteroatoms. The Balaban J connectivity index is 2.60. The Morgan fingerprint density at radius 3 is 3.00 bits per heavy atom. The van der Waals surface area contributed by atoms with Crippen molar-refractivity contribution >= 4 is 15.9 Å². The molecule has 15 heavy (non-hydrogen) atoms. The van der Waals surface area contributed by atoms with Gasteiger partial charge in [-0.1, -0.05) is 22.5 Å². The van der Waals surface area contributed by atoms with Gasteiger partial charge in [-0.2, -0.15) is 0 Å². The molecular weight excluding hydrogens is 256 g/mol. The molecule has 78 valence electrons. The van der Waals surface area contributed by atoms with E-state index in [0.29, 0.717) is 12.2 Å². The third kappa shape index (κ3) is 1.44. The van der Waals surface area contributed by atoms with E-state index in [1.165, 1.54) is 0 Å². The van der Waals surface area contributed by atoms with Gasteiger partial charge in [0.2, 0.25) is 0 Å². The molecule has 0 fully saturated rings. The maximum atomic E-state index is 10.2. The number of fused-ring (bicyclic) bond motifs is 1. The lowest BCUT2D eigenvalue weighted by atomic mass is 9.73. The van der Waals surface area contributed by atoms with Crippen LogP contribution in [0.1, 0.15) is 11.1 Å². The van der Waals surface area contributed by atoms with E-state index >= 15 is 0 Å². The summed E-state index contributed by atoms with van der Waals surface area (Å²) in [6.07, 6.45) is 2.15. The van der Waals surface area contributed by atoms with Crippen molar-refractivity contribution in [3.63, 3.8) is 0 Å². The first-order chi connectivity index (χ1) is 7.12. The molecule has 2 nitrogen and oxygen atoms in total. The minimum absolute atomic E-state index is 0.572. The van der Waals surface area contributed by atoms with Gasteiger partial charge in [0, 0.05) is 16.5 Å². The SMILES string of the molecule is C=C=CC1(O)Cc2c(Br)ccc(OC)c21. The highest BCUT2D eigenvalue weighted by molar-refractivity contribution is 9.10. The molecule has 0 saturated heterocycles. The van der Waals surface area contributed by atoms with Crippen molar-refractivity contribution in [2.24, 2.45) is 0 Å². The zero-order valence-electron chi connectivity index (χ0n) is 8.38. The minimum Gasteiger partial charge on any atom is -0.496 e. The van der Waals surface area contributed by atoms with E-state index in [1.807, 2.05) is 12.1 Å². The minimum atomic E-state index is -0.966. The molecule has 1 aromatic carbocycles. The quantitative estimate of drug-likeness (QED) is 0.834. The second kappa shape index (κ2) is 3.53. The Hall–Kier alpha value is -1.02. The molecule has 0 heterocycles. The Bertz CT molecular complexity index is 461. The molecule has 0 bridgehead atoms. The third-order valence-electron chi connectivity index (χ3n) is 2.66. The second-order valence-corrected chi connectivity index (χ2v) is 4.41. The molecule has 0 radical (unpaired) electrons. The fraction of sp³-hybridized carbons (Fsp3) is 0.250. The fourth-order valence-electron chi connectivity index (χ4n) is 1.96. The highest BCUT2D eigenvalue weighted by atomic mass is 79.9. The molecule has 2 rings (SSSR count). The molecule has 1 unspecified atom stereocenters. The monoisotopic (exact) mass is 266 g/mol. The zero-order chi connectivity index (χ0) is 11.1. The Morgan fingerprint density at radius 1 is 1.67 bits per heavy atom. The van der Waals surface area contributed by atoms with E-state index in [0.717, 1.165) is 15.6 Å². The van der Waals surface area contributed by atoms with Crippen LogP contribution in [-0.4, -0.2) is 12.2 Å². The van der Waals surface area contributed by atoms with E-state index in [2.05, 4.69) is 28.2 Å². The van der Waals surface area contributed by atoms with Gasteiger partial charge in [-0.3, -0.25) is 0 Å². The maximum absolute atomic E-state index is 10.2. The highest BCUT2D eigenvalue weighted by Gasteiger charge is 2.43. The van der Waals surface area contributed by atoms with Crippen LogP contribution in [-0.2, 0) is 12.0 Å². The first-order valence-corrected chi connectivity index (χ1v) is 5.37. The highest BCUT2D eigenvalue weighted by Crippen LogP contribution is 2.48. The van der Waals surface area contributed by atoms with Crippen molar-refractivity contribution in [2.75, 3.05) is 7.11 Å². The zero-order valence-corrected chi connectivity index (χ0v) is 9.97. The van der Waals surface area contributed by atoms with E-state index in [1.54, 1.807) is 13.2 Å². The van der Waals surface area contributed by atoms with Crippen LogP contribution in [0.25, 0.3) is 0 Å². The molecule has 1 aliphatic rings. The van der Waals surface area contributed by atoms with Crippen molar-refractivity contribution in [3.05, 3.63) is 46.1 Å². The van der Waals surface area contributed by atoms with Gasteiger partial charge in [-0.25, -0.2) is 0 Å². The lowest BCUT2D eigenvalue weighted by Crippen LogP contribution is -2.37. The lowest BCUT2D eigenvalue weighted by molar-refractivity contribution is 0.0611. The van der Waals surface area contributed by atoms with Crippen LogP contribution < -0.4 is 4.74 Å². The second-order valence-electron chi connectivity index (χ2n) is 3.55. The molecule has 1 atom stereocenters. The summed E-state index contributed by atoms with van der Waals surface area (Å²) in [6, 6.07) is 3.76. The summed E-state index contributed by atoms with van der Waals surface area (Å²) in [5, 5.41) is 10.2. The lowest BCUT2D eigenvalue weighted by Gasteiger charge is -2.38. The largest absolute Gasteiger partial charge is 0.496 e. The summed E-state index contributed by atoms with van der Waals surface area (Å²) in [4.78, 5) is 0. The smallest absolute Gasteiger partial charge is 0.125 e. The van der Waals surface area contributed by atoms with Crippen molar-refractivity contribution in [3.8, 4) is 5.75 Å². The van der Waals surface area contributed by atoms with Crippen molar-refractivity contribution in [1.82, 2.24) is 0 Å². The number of halogens is 1. The number of hydrogen-bond donors (Lipinski definition) is 1. The predicted molar refractivity (Wildman–Crippen MR) is 62.0 cm³/mol. The van der Waals surface area contributed by atoms with Gasteiger partial charge in [0.1, 0.15) is 11.4 Å². The molecule has 0 amide bonds. The standard InChI is InChI=1S/C12H11BrO2/c1-3-6-12(14)7-8-9(13)4-5-10(15-2)11(8)12/h4-6,14H,1,7H2,2H3. The molecule has 0 saturated carbocycles. The summed E-state index contributed by atoms with van der Waals surface area (Å²) in [5.74, 6) is 0.702. The number of aliphatic hydroxyl groups is 1. The van der Waals surface area contributed by atoms with E-state index in [9.17, 15) is 5.11 Å². The van der Waals surface area contributed by atoms with Crippen molar-refractivity contribution in [1.29, 1.82) is 0 Å². The molecular formula is C12H11BrO2. The van der Waals surface area contributed by atoms with Crippen molar-refractivity contribution < 1.29 is 9.84 Å². The third-order valence-corrected chi connectivity index (χ3v) is 3.40. The average molecular weight is 267 g/mol. The fourth-order valence-corrected chi connectivity index (χ4v) is 2.43. The van der Waals surface area contributed by atoms with Gasteiger partial charge in [-0.15, -0.1) is 5.73 Å². The van der Waals surface area contributed by atoms with E-state index in [4.69, 9.17) is 4.74 Å². The first kappa shape index (κ1) is 10.5. The number of methoxy groups -OCH3 is 1.